The highest BCUT2D eigenvalue weighted by atomic mass is 79.9. The Balaban J connectivity index is 2.27. The van der Waals surface area contributed by atoms with Gasteiger partial charge in [0, 0.05) is 17.6 Å². The fourth-order valence-corrected chi connectivity index (χ4v) is 1.93. The largest absolute Gasteiger partial charge is 0.469 e. The van der Waals surface area contributed by atoms with E-state index < -0.39 is 0 Å². The van der Waals surface area contributed by atoms with E-state index in [4.69, 9.17) is 0 Å². The van der Waals surface area contributed by atoms with Crippen LogP contribution >= 0.6 is 15.9 Å². The summed E-state index contributed by atoms with van der Waals surface area (Å²) in [6.07, 6.45) is 0.193. The number of methoxy groups -OCH3 is 1. The molecule has 1 rings (SSSR count). The second-order valence-electron chi connectivity index (χ2n) is 4.47. The van der Waals surface area contributed by atoms with Crippen LogP contribution in [0.25, 0.3) is 0 Å². The highest BCUT2D eigenvalue weighted by Crippen LogP contribution is 2.11. The summed E-state index contributed by atoms with van der Waals surface area (Å²) >= 11 is 3.38. The molecule has 0 bridgehead atoms. The predicted octanol–water partition coefficient (Wildman–Crippen LogP) is 1.56. The summed E-state index contributed by atoms with van der Waals surface area (Å²) in [7, 11) is 3.21. The van der Waals surface area contributed by atoms with Gasteiger partial charge in [0.2, 0.25) is 5.91 Å². The number of hydrogen-bond donors (Lipinski definition) is 1. The normalized spacial score (nSPS) is 10.4. The summed E-state index contributed by atoms with van der Waals surface area (Å²) in [5.74, 6) is -0.429. The topological polar surface area (TPSA) is 58.6 Å². The van der Waals surface area contributed by atoms with Crippen molar-refractivity contribution in [2.24, 2.45) is 0 Å². The zero-order valence-corrected chi connectivity index (χ0v) is 13.3. The van der Waals surface area contributed by atoms with Crippen molar-refractivity contribution in [1.82, 2.24) is 10.2 Å². The van der Waals surface area contributed by atoms with E-state index in [1.807, 2.05) is 36.2 Å². The lowest BCUT2D eigenvalue weighted by Crippen LogP contribution is -2.35. The number of benzene rings is 1. The van der Waals surface area contributed by atoms with Crippen LogP contribution in [0, 0.1) is 0 Å². The molecule has 0 aliphatic carbocycles. The second-order valence-corrected chi connectivity index (χ2v) is 5.39. The third kappa shape index (κ3) is 6.68. The van der Waals surface area contributed by atoms with Crippen LogP contribution in [-0.2, 0) is 20.9 Å². The van der Waals surface area contributed by atoms with Gasteiger partial charge in [0.25, 0.3) is 0 Å². The Bertz CT molecular complexity index is 448. The average molecular weight is 343 g/mol. The monoisotopic (exact) mass is 342 g/mol. The first-order valence-electron chi connectivity index (χ1n) is 6.27. The first kappa shape index (κ1) is 16.7. The maximum atomic E-state index is 11.7. The number of hydrogen-bond acceptors (Lipinski definition) is 4. The van der Waals surface area contributed by atoms with Crippen molar-refractivity contribution in [3.63, 3.8) is 0 Å². The van der Waals surface area contributed by atoms with Crippen molar-refractivity contribution in [2.45, 2.75) is 13.0 Å². The molecule has 1 N–H and O–H groups in total. The van der Waals surface area contributed by atoms with Gasteiger partial charge in [0.05, 0.1) is 20.1 Å². The number of nitrogens with one attached hydrogen (secondary N) is 1. The number of ether oxygens (including phenoxy) is 1. The van der Waals surface area contributed by atoms with Gasteiger partial charge in [-0.15, -0.1) is 0 Å². The van der Waals surface area contributed by atoms with Crippen LogP contribution in [0.4, 0.5) is 0 Å². The van der Waals surface area contributed by atoms with E-state index in [1.54, 1.807) is 0 Å². The lowest BCUT2D eigenvalue weighted by Gasteiger charge is -2.16. The molecule has 0 aliphatic rings. The van der Waals surface area contributed by atoms with Crippen molar-refractivity contribution in [1.29, 1.82) is 0 Å². The van der Waals surface area contributed by atoms with E-state index in [0.29, 0.717) is 13.1 Å². The summed E-state index contributed by atoms with van der Waals surface area (Å²) in [6.45, 7) is 1.28. The molecule has 0 heterocycles. The number of nitrogens with zero attached hydrogens (tertiary/aromatic N) is 1. The molecule has 0 radical (unpaired) electrons. The molecule has 6 heteroatoms. The van der Waals surface area contributed by atoms with Crippen molar-refractivity contribution in [3.8, 4) is 0 Å². The predicted molar refractivity (Wildman–Crippen MR) is 80.1 cm³/mol. The third-order valence-electron chi connectivity index (χ3n) is 2.66. The fourth-order valence-electron chi connectivity index (χ4n) is 1.66. The first-order chi connectivity index (χ1) is 9.51. The highest BCUT2D eigenvalue weighted by Gasteiger charge is 2.08. The molecule has 0 aliphatic heterocycles. The van der Waals surface area contributed by atoms with E-state index in [9.17, 15) is 9.59 Å². The highest BCUT2D eigenvalue weighted by molar-refractivity contribution is 9.10. The van der Waals surface area contributed by atoms with Gasteiger partial charge in [-0.3, -0.25) is 14.5 Å². The maximum absolute atomic E-state index is 11.7. The van der Waals surface area contributed by atoms with E-state index in [0.717, 1.165) is 10.0 Å². The lowest BCUT2D eigenvalue weighted by molar-refractivity contribution is -0.140. The summed E-state index contributed by atoms with van der Waals surface area (Å²) < 4.78 is 5.53. The molecule has 20 heavy (non-hydrogen) atoms. The minimum absolute atomic E-state index is 0.103. The summed E-state index contributed by atoms with van der Waals surface area (Å²) in [5.41, 5.74) is 1.14. The zero-order valence-electron chi connectivity index (χ0n) is 11.7. The zero-order chi connectivity index (χ0) is 15.0. The van der Waals surface area contributed by atoms with Crippen LogP contribution in [0.5, 0.6) is 0 Å². The molecule has 1 aromatic carbocycles. The fraction of sp³-hybridized carbons (Fsp3) is 0.429. The van der Waals surface area contributed by atoms with Gasteiger partial charge in [-0.05, 0) is 24.7 Å². The SMILES string of the molecule is COC(=O)CCNC(=O)CN(C)Cc1ccc(Br)cc1. The van der Waals surface area contributed by atoms with Crippen LogP contribution in [0.3, 0.4) is 0 Å². The molecule has 0 saturated carbocycles. The van der Waals surface area contributed by atoms with Crippen LogP contribution in [-0.4, -0.2) is 44.0 Å². The molecule has 0 unspecified atom stereocenters. The van der Waals surface area contributed by atoms with E-state index >= 15 is 0 Å². The molecule has 0 saturated heterocycles. The molecule has 1 amide bonds. The number of amides is 1. The first-order valence-corrected chi connectivity index (χ1v) is 7.07. The minimum Gasteiger partial charge on any atom is -0.469 e. The van der Waals surface area contributed by atoms with Crippen molar-refractivity contribution < 1.29 is 14.3 Å². The summed E-state index contributed by atoms with van der Waals surface area (Å²) in [6, 6.07) is 7.96. The maximum Gasteiger partial charge on any atom is 0.307 e. The quantitative estimate of drug-likeness (QED) is 0.764. The third-order valence-corrected chi connectivity index (χ3v) is 3.19. The molecular formula is C14H19BrN2O3. The van der Waals surface area contributed by atoms with E-state index in [2.05, 4.69) is 26.0 Å². The van der Waals surface area contributed by atoms with Gasteiger partial charge in [-0.2, -0.15) is 0 Å². The summed E-state index contributed by atoms with van der Waals surface area (Å²) in [4.78, 5) is 24.5. The number of likely N-dealkylation sites (N-methyl/N-ethyl adjacent to an activating group) is 1. The van der Waals surface area contributed by atoms with Crippen molar-refractivity contribution in [3.05, 3.63) is 34.3 Å². The van der Waals surface area contributed by atoms with Crippen LogP contribution in [0.1, 0.15) is 12.0 Å². The van der Waals surface area contributed by atoms with E-state index in [-0.39, 0.29) is 24.8 Å². The molecule has 0 spiro atoms. The van der Waals surface area contributed by atoms with Crippen molar-refractivity contribution >= 4 is 27.8 Å². The molecule has 5 nitrogen and oxygen atoms in total. The Kier molecular flexibility index (Phi) is 7.25. The van der Waals surface area contributed by atoms with Gasteiger partial charge in [-0.1, -0.05) is 28.1 Å². The van der Waals surface area contributed by atoms with Gasteiger partial charge >= 0.3 is 5.97 Å². The van der Waals surface area contributed by atoms with Crippen LogP contribution < -0.4 is 5.32 Å². The van der Waals surface area contributed by atoms with Crippen LogP contribution in [0.2, 0.25) is 0 Å². The van der Waals surface area contributed by atoms with Gasteiger partial charge in [-0.25, -0.2) is 0 Å². The minimum atomic E-state index is -0.325. The second kappa shape index (κ2) is 8.71. The Labute approximate surface area is 127 Å². The molecule has 0 atom stereocenters. The molecule has 0 fully saturated rings. The Hall–Kier alpha value is -1.40. The molecular weight excluding hydrogens is 324 g/mol. The number of rotatable bonds is 7. The van der Waals surface area contributed by atoms with Crippen LogP contribution in [0.15, 0.2) is 28.7 Å². The van der Waals surface area contributed by atoms with E-state index in [1.165, 1.54) is 7.11 Å². The van der Waals surface area contributed by atoms with Gasteiger partial charge in [0.15, 0.2) is 0 Å². The smallest absolute Gasteiger partial charge is 0.307 e. The number of carbonyl (C=O) groups excluding carboxylic acids is 2. The number of halogens is 1. The Morgan fingerprint density at radius 3 is 2.55 bits per heavy atom. The van der Waals surface area contributed by atoms with Crippen molar-refractivity contribution in [2.75, 3.05) is 27.2 Å². The summed E-state index contributed by atoms with van der Waals surface area (Å²) in [5, 5.41) is 2.68. The molecule has 0 aromatic heterocycles. The van der Waals surface area contributed by atoms with Gasteiger partial charge < -0.3 is 10.1 Å². The standard InChI is InChI=1S/C14H19BrN2O3/c1-17(9-11-3-5-12(15)6-4-11)10-13(18)16-8-7-14(19)20-2/h3-6H,7-10H2,1-2H3,(H,16,18). The lowest BCUT2D eigenvalue weighted by atomic mass is 10.2. The number of carbonyl (C=O) groups is 2. The number of esters is 1. The Morgan fingerprint density at radius 1 is 1.30 bits per heavy atom. The average Bonchev–Trinajstić information content (AvgIpc) is 2.41. The molecule has 1 aromatic rings. The molecule has 110 valence electrons. The Morgan fingerprint density at radius 2 is 1.95 bits per heavy atom. The van der Waals surface area contributed by atoms with Gasteiger partial charge in [0.1, 0.15) is 0 Å².